The average molecular weight is 740 g/mol. The standard InChI is InChI=1S/2C21H20ClNO3/c2*1-3-26-21(25)19-17(14-6-8-15(22)9-7-14)12-18(24)20(19)23-16-10-4-13(2)5-11-16/h2*4-11,17,23H,3,12H2,1-2H3/t2*17-/m00/s1. The number of hydrogen-bond donors (Lipinski definition) is 2. The van der Waals surface area contributed by atoms with Crippen LogP contribution in [0.15, 0.2) is 120 Å². The fourth-order valence-electron chi connectivity index (χ4n) is 6.13. The Morgan fingerprint density at radius 1 is 0.577 bits per heavy atom. The van der Waals surface area contributed by atoms with Crippen molar-refractivity contribution in [2.24, 2.45) is 0 Å². The summed E-state index contributed by atoms with van der Waals surface area (Å²) in [6, 6.07) is 29.7. The van der Waals surface area contributed by atoms with Crippen LogP contribution in [0.1, 0.15) is 60.8 Å². The van der Waals surface area contributed by atoms with Gasteiger partial charge in [-0.2, -0.15) is 0 Å². The van der Waals surface area contributed by atoms with E-state index in [0.29, 0.717) is 32.6 Å². The third-order valence-electron chi connectivity index (χ3n) is 8.75. The second-order valence-corrected chi connectivity index (χ2v) is 13.3. The van der Waals surface area contributed by atoms with Gasteiger partial charge in [-0.1, -0.05) is 82.9 Å². The first-order valence-electron chi connectivity index (χ1n) is 17.1. The zero-order valence-electron chi connectivity index (χ0n) is 29.4. The predicted octanol–water partition coefficient (Wildman–Crippen LogP) is 9.27. The Kier molecular flexibility index (Phi) is 12.7. The maximum atomic E-state index is 12.7. The Bertz CT molecular complexity index is 1850. The van der Waals surface area contributed by atoms with Crippen molar-refractivity contribution in [1.29, 1.82) is 0 Å². The SMILES string of the molecule is CCOC(=O)C1=C(Nc2ccc(C)cc2)C(=O)C[C@H]1c1ccc(Cl)cc1.CCOC(=O)C1=C(Nc2ccc(C)cc2)C(=O)C[C@H]1c1ccc(Cl)cc1. The Hall–Kier alpha value is -5.18. The van der Waals surface area contributed by atoms with Crippen molar-refractivity contribution in [3.63, 3.8) is 0 Å². The minimum Gasteiger partial charge on any atom is -0.463 e. The van der Waals surface area contributed by atoms with Crippen molar-refractivity contribution >= 4 is 58.1 Å². The molecule has 0 bridgehead atoms. The molecule has 268 valence electrons. The molecule has 52 heavy (non-hydrogen) atoms. The van der Waals surface area contributed by atoms with Crippen LogP contribution < -0.4 is 10.6 Å². The third kappa shape index (κ3) is 9.18. The summed E-state index contributed by atoms with van der Waals surface area (Å²) in [5, 5.41) is 7.46. The second kappa shape index (κ2) is 17.4. The van der Waals surface area contributed by atoms with Crippen molar-refractivity contribution < 1.29 is 28.7 Å². The minimum atomic E-state index is -0.465. The summed E-state index contributed by atoms with van der Waals surface area (Å²) in [5.74, 6) is -1.82. The zero-order chi connectivity index (χ0) is 37.4. The average Bonchev–Trinajstić information content (AvgIpc) is 3.63. The molecule has 6 rings (SSSR count). The molecule has 2 aliphatic rings. The van der Waals surface area contributed by atoms with Crippen LogP contribution >= 0.6 is 23.2 Å². The summed E-state index contributed by atoms with van der Waals surface area (Å²) in [5.41, 5.74) is 6.87. The highest BCUT2D eigenvalue weighted by atomic mass is 35.5. The van der Waals surface area contributed by atoms with E-state index in [0.717, 1.165) is 33.6 Å². The topological polar surface area (TPSA) is 111 Å². The molecule has 2 atom stereocenters. The minimum absolute atomic E-state index is 0.103. The lowest BCUT2D eigenvalue weighted by atomic mass is 9.92. The summed E-state index contributed by atoms with van der Waals surface area (Å²) in [6.45, 7) is 7.98. The number of carbonyl (C=O) groups is 4. The summed E-state index contributed by atoms with van der Waals surface area (Å²) in [7, 11) is 0. The van der Waals surface area contributed by atoms with Crippen molar-refractivity contribution in [3.8, 4) is 0 Å². The van der Waals surface area contributed by atoms with Gasteiger partial charge in [0.15, 0.2) is 11.6 Å². The molecule has 0 fully saturated rings. The molecule has 0 spiro atoms. The Balaban J connectivity index is 0.000000201. The molecule has 0 unspecified atom stereocenters. The van der Waals surface area contributed by atoms with Gasteiger partial charge >= 0.3 is 11.9 Å². The predicted molar refractivity (Wildman–Crippen MR) is 205 cm³/mol. The first-order valence-corrected chi connectivity index (χ1v) is 17.8. The normalized spacial score (nSPS) is 16.7. The number of aryl methyl sites for hydroxylation is 2. The van der Waals surface area contributed by atoms with E-state index in [4.69, 9.17) is 32.7 Å². The first-order chi connectivity index (χ1) is 25.0. The smallest absolute Gasteiger partial charge is 0.336 e. The highest BCUT2D eigenvalue weighted by Crippen LogP contribution is 2.40. The molecular weight excluding hydrogens is 699 g/mol. The van der Waals surface area contributed by atoms with E-state index < -0.39 is 11.9 Å². The molecule has 0 saturated heterocycles. The number of Topliss-reactive ketones (excluding diaryl/α,β-unsaturated/α-hetero) is 2. The lowest BCUT2D eigenvalue weighted by Crippen LogP contribution is -2.16. The molecular formula is C42H40Cl2N2O6. The molecule has 2 N–H and O–H groups in total. The fourth-order valence-corrected chi connectivity index (χ4v) is 6.38. The molecule has 0 saturated carbocycles. The van der Waals surface area contributed by atoms with Crippen molar-refractivity contribution in [2.45, 2.75) is 52.4 Å². The summed E-state index contributed by atoms with van der Waals surface area (Å²) < 4.78 is 10.4. The molecule has 4 aromatic carbocycles. The summed E-state index contributed by atoms with van der Waals surface area (Å²) in [6.07, 6.45) is 0.452. The van der Waals surface area contributed by atoms with Gasteiger partial charge in [-0.15, -0.1) is 0 Å². The Labute approximate surface area is 313 Å². The highest BCUT2D eigenvalue weighted by Gasteiger charge is 2.39. The molecule has 0 heterocycles. The van der Waals surface area contributed by atoms with E-state index in [2.05, 4.69) is 10.6 Å². The third-order valence-corrected chi connectivity index (χ3v) is 9.25. The molecule has 0 amide bonds. The van der Waals surface area contributed by atoms with Crippen LogP contribution in [0.25, 0.3) is 0 Å². The maximum Gasteiger partial charge on any atom is 0.336 e. The van der Waals surface area contributed by atoms with Gasteiger partial charge < -0.3 is 20.1 Å². The largest absolute Gasteiger partial charge is 0.463 e. The monoisotopic (exact) mass is 738 g/mol. The molecule has 10 heteroatoms. The fraction of sp³-hybridized carbons (Fsp3) is 0.238. The van der Waals surface area contributed by atoms with Gasteiger partial charge in [0.05, 0.1) is 35.8 Å². The van der Waals surface area contributed by atoms with Gasteiger partial charge in [-0.25, -0.2) is 9.59 Å². The Morgan fingerprint density at radius 2 is 0.904 bits per heavy atom. The highest BCUT2D eigenvalue weighted by molar-refractivity contribution is 6.30. The zero-order valence-corrected chi connectivity index (χ0v) is 30.9. The van der Waals surface area contributed by atoms with E-state index in [1.165, 1.54) is 0 Å². The number of halogens is 2. The van der Waals surface area contributed by atoms with Gasteiger partial charge in [0.2, 0.25) is 0 Å². The number of ether oxygens (including phenoxy) is 2. The number of hydrogen-bond acceptors (Lipinski definition) is 8. The summed E-state index contributed by atoms with van der Waals surface area (Å²) >= 11 is 11.9. The molecule has 0 aliphatic heterocycles. The number of anilines is 2. The van der Waals surface area contributed by atoms with Crippen LogP contribution in [0, 0.1) is 13.8 Å². The summed E-state index contributed by atoms with van der Waals surface area (Å²) in [4.78, 5) is 50.5. The number of rotatable bonds is 10. The van der Waals surface area contributed by atoms with Crippen LogP contribution in [0.5, 0.6) is 0 Å². The number of nitrogens with one attached hydrogen (secondary N) is 2. The lowest BCUT2D eigenvalue weighted by Gasteiger charge is -2.15. The van der Waals surface area contributed by atoms with Crippen LogP contribution in [-0.2, 0) is 28.7 Å². The van der Waals surface area contributed by atoms with Crippen LogP contribution in [-0.4, -0.2) is 36.7 Å². The van der Waals surface area contributed by atoms with Gasteiger partial charge in [0.1, 0.15) is 0 Å². The van der Waals surface area contributed by atoms with Gasteiger partial charge in [-0.05, 0) is 87.4 Å². The number of benzene rings is 4. The van der Waals surface area contributed by atoms with E-state index >= 15 is 0 Å². The van der Waals surface area contributed by atoms with Crippen LogP contribution in [0.3, 0.4) is 0 Å². The molecule has 0 radical (unpaired) electrons. The second-order valence-electron chi connectivity index (χ2n) is 12.5. The van der Waals surface area contributed by atoms with Crippen LogP contribution in [0.2, 0.25) is 10.0 Å². The van der Waals surface area contributed by atoms with Crippen molar-refractivity contribution in [3.05, 3.63) is 152 Å². The number of carbonyl (C=O) groups excluding carboxylic acids is 4. The van der Waals surface area contributed by atoms with Crippen molar-refractivity contribution in [1.82, 2.24) is 0 Å². The van der Waals surface area contributed by atoms with Gasteiger partial charge in [-0.3, -0.25) is 9.59 Å². The first kappa shape index (κ1) is 38.1. The van der Waals surface area contributed by atoms with Crippen LogP contribution in [0.4, 0.5) is 11.4 Å². The van der Waals surface area contributed by atoms with Crippen molar-refractivity contribution in [2.75, 3.05) is 23.8 Å². The van der Waals surface area contributed by atoms with E-state index in [1.807, 2.05) is 86.6 Å². The molecule has 2 aliphatic carbocycles. The van der Waals surface area contributed by atoms with E-state index in [-0.39, 0.29) is 49.5 Å². The molecule has 4 aromatic rings. The molecule has 0 aromatic heterocycles. The number of allylic oxidation sites excluding steroid dienone is 2. The Morgan fingerprint density at radius 3 is 1.21 bits per heavy atom. The van der Waals surface area contributed by atoms with Gasteiger partial charge in [0, 0.05) is 46.1 Å². The lowest BCUT2D eigenvalue weighted by molar-refractivity contribution is -0.139. The van der Waals surface area contributed by atoms with Gasteiger partial charge in [0.25, 0.3) is 0 Å². The van der Waals surface area contributed by atoms with E-state index in [9.17, 15) is 19.2 Å². The maximum absolute atomic E-state index is 12.7. The quantitative estimate of drug-likeness (QED) is 0.155. The number of esters is 2. The van der Waals surface area contributed by atoms with E-state index in [1.54, 1.807) is 38.1 Å². The number of ketones is 2. The molecule has 8 nitrogen and oxygen atoms in total.